The number of rotatable bonds is 3. The van der Waals surface area contributed by atoms with E-state index in [0.717, 1.165) is 0 Å². The van der Waals surface area contributed by atoms with Gasteiger partial charge in [-0.1, -0.05) is 0 Å². The van der Waals surface area contributed by atoms with Crippen LogP contribution in [0.1, 0.15) is 0 Å². The van der Waals surface area contributed by atoms with Crippen LogP contribution in [0.25, 0.3) is 0 Å². The smallest absolute Gasteiger partial charge is 0.312 e. The van der Waals surface area contributed by atoms with Crippen molar-refractivity contribution in [2.45, 2.75) is 6.54 Å². The molecule has 0 radical (unpaired) electrons. The molecule has 7 nitrogen and oxygen atoms in total. The lowest BCUT2D eigenvalue weighted by atomic mass is 10.6. The zero-order valence-electron chi connectivity index (χ0n) is 5.77. The Morgan fingerprint density at radius 3 is 3.09 bits per heavy atom. The fourth-order valence-electron chi connectivity index (χ4n) is 0.570. The highest BCUT2D eigenvalue weighted by Gasteiger charge is 1.93. The van der Waals surface area contributed by atoms with Crippen molar-refractivity contribution < 1.29 is 4.79 Å². The van der Waals surface area contributed by atoms with E-state index < -0.39 is 6.03 Å². The summed E-state index contributed by atoms with van der Waals surface area (Å²) in [6, 6.07) is -0.551. The van der Waals surface area contributed by atoms with Crippen LogP contribution in [0, 0.1) is 0 Å². The predicted octanol–water partition coefficient (Wildman–Crippen LogP) is -1.66. The second-order valence-corrected chi connectivity index (χ2v) is 1.82. The Kier molecular flexibility index (Phi) is 2.37. The average molecular weight is 156 g/mol. The van der Waals surface area contributed by atoms with Crippen molar-refractivity contribution >= 4 is 6.03 Å². The lowest BCUT2D eigenvalue weighted by Crippen LogP contribution is -2.32. The first-order valence-corrected chi connectivity index (χ1v) is 3.03. The summed E-state index contributed by atoms with van der Waals surface area (Å²) >= 11 is 0. The second-order valence-electron chi connectivity index (χ2n) is 1.82. The summed E-state index contributed by atoms with van der Waals surface area (Å²) in [6.07, 6.45) is 1.32. The van der Waals surface area contributed by atoms with Crippen molar-refractivity contribution in [3.8, 4) is 0 Å². The molecule has 1 aromatic rings. The lowest BCUT2D eigenvalue weighted by molar-refractivity contribution is 0.248. The van der Waals surface area contributed by atoms with Gasteiger partial charge in [0.05, 0.1) is 6.54 Å². The van der Waals surface area contributed by atoms with E-state index in [9.17, 15) is 4.79 Å². The quantitative estimate of drug-likeness (QED) is 0.547. The number of nitrogens with one attached hydrogen (secondary N) is 1. The van der Waals surface area contributed by atoms with Crippen LogP contribution in [0.2, 0.25) is 0 Å². The molecular weight excluding hydrogens is 148 g/mol. The topological polar surface area (TPSA) is 98.7 Å². The van der Waals surface area contributed by atoms with Gasteiger partial charge in [0.15, 0.2) is 6.33 Å². The van der Waals surface area contributed by atoms with Crippen LogP contribution in [-0.2, 0) is 6.54 Å². The van der Waals surface area contributed by atoms with Gasteiger partial charge in [0.1, 0.15) is 0 Å². The van der Waals surface area contributed by atoms with Gasteiger partial charge >= 0.3 is 6.03 Å². The van der Waals surface area contributed by atoms with Gasteiger partial charge in [-0.15, -0.1) is 10.2 Å². The van der Waals surface area contributed by atoms with Crippen molar-refractivity contribution in [2.24, 2.45) is 5.73 Å². The molecule has 2 amide bonds. The van der Waals surface area contributed by atoms with Gasteiger partial charge in [-0.2, -0.15) is 4.80 Å². The zero-order chi connectivity index (χ0) is 8.10. The van der Waals surface area contributed by atoms with Crippen molar-refractivity contribution in [3.05, 3.63) is 6.33 Å². The molecule has 1 heterocycles. The summed E-state index contributed by atoms with van der Waals surface area (Å²) in [6.45, 7) is 0.884. The molecule has 0 saturated heterocycles. The number of carbonyl (C=O) groups is 1. The Hall–Kier alpha value is -1.66. The SMILES string of the molecule is NC(=O)NCCn1ncnn1. The molecular formula is C4H8N6O. The molecule has 60 valence electrons. The molecule has 0 atom stereocenters. The molecule has 0 fully saturated rings. The molecule has 7 heteroatoms. The number of nitrogens with zero attached hydrogens (tertiary/aromatic N) is 4. The van der Waals surface area contributed by atoms with E-state index in [1.54, 1.807) is 0 Å². The Morgan fingerprint density at radius 1 is 1.73 bits per heavy atom. The number of primary amides is 1. The number of nitrogens with two attached hydrogens (primary N) is 1. The molecule has 0 saturated carbocycles. The molecule has 0 aliphatic rings. The van der Waals surface area contributed by atoms with Crippen molar-refractivity contribution in [1.29, 1.82) is 0 Å². The Morgan fingerprint density at radius 2 is 2.55 bits per heavy atom. The van der Waals surface area contributed by atoms with Crippen LogP contribution in [0.4, 0.5) is 4.79 Å². The molecule has 1 rings (SSSR count). The van der Waals surface area contributed by atoms with Gasteiger partial charge in [0.2, 0.25) is 0 Å². The van der Waals surface area contributed by atoms with Crippen LogP contribution >= 0.6 is 0 Å². The summed E-state index contributed by atoms with van der Waals surface area (Å²) in [5.41, 5.74) is 4.82. The molecule has 1 aromatic heterocycles. The minimum atomic E-state index is -0.551. The fraction of sp³-hybridized carbons (Fsp3) is 0.500. The molecule has 0 aliphatic carbocycles. The maximum Gasteiger partial charge on any atom is 0.312 e. The molecule has 0 unspecified atom stereocenters. The van der Waals surface area contributed by atoms with Gasteiger partial charge < -0.3 is 11.1 Å². The minimum Gasteiger partial charge on any atom is -0.352 e. The number of urea groups is 1. The van der Waals surface area contributed by atoms with E-state index in [4.69, 9.17) is 5.73 Å². The van der Waals surface area contributed by atoms with Crippen molar-refractivity contribution in [3.63, 3.8) is 0 Å². The molecule has 0 aliphatic heterocycles. The molecule has 0 aromatic carbocycles. The molecule has 3 N–H and O–H groups in total. The Bertz CT molecular complexity index is 218. The lowest BCUT2D eigenvalue weighted by Gasteiger charge is -1.98. The van der Waals surface area contributed by atoms with Crippen LogP contribution in [-0.4, -0.2) is 32.8 Å². The first-order valence-electron chi connectivity index (χ1n) is 3.03. The van der Waals surface area contributed by atoms with E-state index in [2.05, 4.69) is 20.7 Å². The van der Waals surface area contributed by atoms with Crippen LogP contribution in [0.5, 0.6) is 0 Å². The van der Waals surface area contributed by atoms with Gasteiger partial charge in [0, 0.05) is 6.54 Å². The first-order chi connectivity index (χ1) is 5.29. The van der Waals surface area contributed by atoms with E-state index in [1.807, 2.05) is 0 Å². The Balaban J connectivity index is 2.19. The third-order valence-electron chi connectivity index (χ3n) is 1.00. The highest BCUT2D eigenvalue weighted by atomic mass is 16.2. The average Bonchev–Trinajstić information content (AvgIpc) is 2.39. The zero-order valence-corrected chi connectivity index (χ0v) is 5.77. The second kappa shape index (κ2) is 3.49. The standard InChI is InChI=1S/C4H8N6O/c5-4(11)6-1-2-10-8-3-7-9-10/h3H,1-2H2,(H3,5,6,11). The van der Waals surface area contributed by atoms with E-state index in [0.29, 0.717) is 13.1 Å². The van der Waals surface area contributed by atoms with Crippen molar-refractivity contribution in [1.82, 2.24) is 25.5 Å². The predicted molar refractivity (Wildman–Crippen MR) is 35.4 cm³/mol. The molecule has 11 heavy (non-hydrogen) atoms. The third kappa shape index (κ3) is 2.61. The molecule has 0 spiro atoms. The van der Waals surface area contributed by atoms with E-state index in [1.165, 1.54) is 11.1 Å². The number of tetrazole rings is 1. The first kappa shape index (κ1) is 7.45. The van der Waals surface area contributed by atoms with E-state index >= 15 is 0 Å². The summed E-state index contributed by atoms with van der Waals surface area (Å²) in [4.78, 5) is 11.5. The van der Waals surface area contributed by atoms with Gasteiger partial charge in [-0.05, 0) is 5.21 Å². The van der Waals surface area contributed by atoms with Crippen molar-refractivity contribution in [2.75, 3.05) is 6.54 Å². The number of carbonyl (C=O) groups excluding carboxylic acids is 1. The normalized spacial score (nSPS) is 9.45. The number of aromatic nitrogens is 4. The number of amides is 2. The highest BCUT2D eigenvalue weighted by Crippen LogP contribution is 1.71. The number of hydrogen-bond acceptors (Lipinski definition) is 4. The van der Waals surface area contributed by atoms with E-state index in [-0.39, 0.29) is 0 Å². The highest BCUT2D eigenvalue weighted by molar-refractivity contribution is 5.71. The van der Waals surface area contributed by atoms with Gasteiger partial charge in [-0.3, -0.25) is 0 Å². The maximum atomic E-state index is 10.2. The summed E-state index contributed by atoms with van der Waals surface area (Å²) in [5, 5.41) is 13.2. The van der Waals surface area contributed by atoms with Gasteiger partial charge in [-0.25, -0.2) is 4.79 Å². The largest absolute Gasteiger partial charge is 0.352 e. The minimum absolute atomic E-state index is 0.408. The van der Waals surface area contributed by atoms with Crippen LogP contribution in [0.3, 0.4) is 0 Å². The fourth-order valence-corrected chi connectivity index (χ4v) is 0.570. The third-order valence-corrected chi connectivity index (χ3v) is 1.00. The number of hydrogen-bond donors (Lipinski definition) is 2. The van der Waals surface area contributed by atoms with Gasteiger partial charge in [0.25, 0.3) is 0 Å². The Labute approximate surface area is 62.6 Å². The summed E-state index contributed by atoms with van der Waals surface area (Å²) < 4.78 is 0. The summed E-state index contributed by atoms with van der Waals surface area (Å²) in [7, 11) is 0. The molecule has 0 bridgehead atoms. The summed E-state index contributed by atoms with van der Waals surface area (Å²) in [5.74, 6) is 0. The van der Waals surface area contributed by atoms with Crippen LogP contribution < -0.4 is 11.1 Å². The monoisotopic (exact) mass is 156 g/mol. The maximum absolute atomic E-state index is 10.2. The van der Waals surface area contributed by atoms with Crippen LogP contribution in [0.15, 0.2) is 6.33 Å².